The molecule has 0 spiro atoms. The highest BCUT2D eigenvalue weighted by Crippen LogP contribution is 2.10. The maximum atomic E-state index is 12.4. The number of nitrogens with one attached hydrogen (secondary N) is 1. The molecule has 1 aromatic heterocycles. The standard InChI is InChI=1S/C19H24N4O4/c1-27-18(25)15-7-5-6-14(12-15)9-10-20-17(24)13-23-19(26)22-11-4-2-3-8-16(22)21-23/h5-7,12H,2-4,8-11,13H2,1H3,(H,20,24). The number of hydrogen-bond donors (Lipinski definition) is 1. The van der Waals surface area contributed by atoms with Crippen LogP contribution in [-0.4, -0.2) is 39.9 Å². The van der Waals surface area contributed by atoms with E-state index in [4.69, 9.17) is 4.74 Å². The van der Waals surface area contributed by atoms with Gasteiger partial charge in [-0.15, -0.1) is 0 Å². The first-order chi connectivity index (χ1) is 13.1. The molecule has 2 heterocycles. The molecule has 0 fully saturated rings. The molecule has 2 aromatic rings. The van der Waals surface area contributed by atoms with Crippen LogP contribution < -0.4 is 11.0 Å². The van der Waals surface area contributed by atoms with Crippen LogP contribution in [0, 0.1) is 0 Å². The van der Waals surface area contributed by atoms with Crippen molar-refractivity contribution in [2.45, 2.75) is 45.2 Å². The lowest BCUT2D eigenvalue weighted by molar-refractivity contribution is -0.121. The number of carbonyl (C=O) groups is 2. The maximum Gasteiger partial charge on any atom is 0.346 e. The van der Waals surface area contributed by atoms with Crippen molar-refractivity contribution in [2.24, 2.45) is 0 Å². The van der Waals surface area contributed by atoms with Crippen molar-refractivity contribution in [1.82, 2.24) is 19.7 Å². The minimum Gasteiger partial charge on any atom is -0.465 e. The monoisotopic (exact) mass is 372 g/mol. The Kier molecular flexibility index (Phi) is 6.05. The molecule has 0 unspecified atom stereocenters. The van der Waals surface area contributed by atoms with Gasteiger partial charge < -0.3 is 10.1 Å². The molecule has 8 nitrogen and oxygen atoms in total. The Balaban J connectivity index is 1.53. The van der Waals surface area contributed by atoms with Crippen LogP contribution in [0.25, 0.3) is 0 Å². The number of hydrogen-bond acceptors (Lipinski definition) is 5. The number of methoxy groups -OCH3 is 1. The van der Waals surface area contributed by atoms with E-state index in [1.165, 1.54) is 11.8 Å². The molecular weight excluding hydrogens is 348 g/mol. The average Bonchev–Trinajstić information content (AvgIpc) is 2.84. The Morgan fingerprint density at radius 1 is 1.26 bits per heavy atom. The molecular formula is C19H24N4O4. The molecule has 1 aliphatic rings. The molecule has 8 heteroatoms. The van der Waals surface area contributed by atoms with E-state index in [0.717, 1.165) is 37.1 Å². The van der Waals surface area contributed by atoms with E-state index in [1.54, 1.807) is 22.8 Å². The number of ether oxygens (including phenoxy) is 1. The van der Waals surface area contributed by atoms with Gasteiger partial charge in [-0.2, -0.15) is 5.10 Å². The van der Waals surface area contributed by atoms with Gasteiger partial charge in [-0.3, -0.25) is 9.36 Å². The number of benzene rings is 1. The molecule has 27 heavy (non-hydrogen) atoms. The molecule has 0 saturated carbocycles. The van der Waals surface area contributed by atoms with E-state index in [-0.39, 0.29) is 24.1 Å². The zero-order chi connectivity index (χ0) is 19.2. The summed E-state index contributed by atoms with van der Waals surface area (Å²) >= 11 is 0. The van der Waals surface area contributed by atoms with Gasteiger partial charge in [0.2, 0.25) is 5.91 Å². The lowest BCUT2D eigenvalue weighted by atomic mass is 10.1. The second-order valence-corrected chi connectivity index (χ2v) is 6.61. The Morgan fingerprint density at radius 3 is 2.93 bits per heavy atom. The molecule has 0 saturated heterocycles. The summed E-state index contributed by atoms with van der Waals surface area (Å²) in [5.41, 5.74) is 1.18. The van der Waals surface area contributed by atoms with E-state index >= 15 is 0 Å². The van der Waals surface area contributed by atoms with Gasteiger partial charge in [0.05, 0.1) is 12.7 Å². The van der Waals surface area contributed by atoms with E-state index in [1.807, 2.05) is 6.07 Å². The predicted molar refractivity (Wildman–Crippen MR) is 98.5 cm³/mol. The number of carbonyl (C=O) groups excluding carboxylic acids is 2. The van der Waals surface area contributed by atoms with Crippen molar-refractivity contribution in [1.29, 1.82) is 0 Å². The molecule has 0 bridgehead atoms. The summed E-state index contributed by atoms with van der Waals surface area (Å²) in [6, 6.07) is 7.09. The van der Waals surface area contributed by atoms with E-state index < -0.39 is 0 Å². The Labute approximate surface area is 157 Å². The summed E-state index contributed by atoms with van der Waals surface area (Å²) < 4.78 is 7.63. The first kappa shape index (κ1) is 18.9. The fourth-order valence-corrected chi connectivity index (χ4v) is 3.24. The molecule has 0 atom stereocenters. The molecule has 3 rings (SSSR count). The highest BCUT2D eigenvalue weighted by molar-refractivity contribution is 5.89. The SMILES string of the molecule is COC(=O)c1cccc(CCNC(=O)Cn2nc3n(c2=O)CCCCC3)c1. The van der Waals surface area contributed by atoms with Gasteiger partial charge in [0.25, 0.3) is 0 Å². The Bertz CT molecular complexity index is 884. The van der Waals surface area contributed by atoms with Crippen LogP contribution in [-0.2, 0) is 35.5 Å². The molecule has 1 aliphatic heterocycles. The lowest BCUT2D eigenvalue weighted by Gasteiger charge is -2.06. The number of nitrogens with zero attached hydrogens (tertiary/aromatic N) is 3. The number of aryl methyl sites for hydroxylation is 1. The van der Waals surface area contributed by atoms with Crippen molar-refractivity contribution in [2.75, 3.05) is 13.7 Å². The van der Waals surface area contributed by atoms with Gasteiger partial charge in [-0.25, -0.2) is 14.3 Å². The van der Waals surface area contributed by atoms with E-state index in [9.17, 15) is 14.4 Å². The topological polar surface area (TPSA) is 95.2 Å². The van der Waals surface area contributed by atoms with Crippen molar-refractivity contribution < 1.29 is 14.3 Å². The van der Waals surface area contributed by atoms with Gasteiger partial charge >= 0.3 is 11.7 Å². The van der Waals surface area contributed by atoms with E-state index in [0.29, 0.717) is 25.1 Å². The normalized spacial score (nSPS) is 13.5. The molecule has 0 radical (unpaired) electrons. The number of esters is 1. The zero-order valence-electron chi connectivity index (χ0n) is 15.4. The maximum absolute atomic E-state index is 12.4. The number of fused-ring (bicyclic) bond motifs is 1. The van der Waals surface area contributed by atoms with Gasteiger partial charge in [-0.1, -0.05) is 18.6 Å². The van der Waals surface area contributed by atoms with Crippen LogP contribution in [0.5, 0.6) is 0 Å². The summed E-state index contributed by atoms with van der Waals surface area (Å²) in [7, 11) is 1.34. The molecule has 1 N–H and O–H groups in total. The number of aromatic nitrogens is 3. The summed E-state index contributed by atoms with van der Waals surface area (Å²) in [6.07, 6.45) is 4.44. The Morgan fingerprint density at radius 2 is 2.11 bits per heavy atom. The average molecular weight is 372 g/mol. The fraction of sp³-hybridized carbons (Fsp3) is 0.474. The third kappa shape index (κ3) is 4.64. The van der Waals surface area contributed by atoms with Crippen molar-refractivity contribution in [3.63, 3.8) is 0 Å². The van der Waals surface area contributed by atoms with E-state index in [2.05, 4.69) is 10.4 Å². The fourth-order valence-electron chi connectivity index (χ4n) is 3.24. The minimum absolute atomic E-state index is 0.0823. The molecule has 0 aliphatic carbocycles. The second kappa shape index (κ2) is 8.66. The van der Waals surface area contributed by atoms with Gasteiger partial charge in [-0.05, 0) is 37.0 Å². The number of rotatable bonds is 6. The Hall–Kier alpha value is -2.90. The quantitative estimate of drug-likeness (QED) is 0.761. The molecule has 144 valence electrons. The molecule has 1 aromatic carbocycles. The third-order valence-corrected chi connectivity index (χ3v) is 4.66. The van der Waals surface area contributed by atoms with Crippen LogP contribution in [0.2, 0.25) is 0 Å². The highest BCUT2D eigenvalue weighted by Gasteiger charge is 2.17. The van der Waals surface area contributed by atoms with Gasteiger partial charge in [0.1, 0.15) is 12.4 Å². The lowest BCUT2D eigenvalue weighted by Crippen LogP contribution is -2.34. The van der Waals surface area contributed by atoms with Crippen LogP contribution >= 0.6 is 0 Å². The van der Waals surface area contributed by atoms with Crippen LogP contribution in [0.4, 0.5) is 0 Å². The minimum atomic E-state index is -0.389. The molecule has 1 amide bonds. The largest absolute Gasteiger partial charge is 0.465 e. The van der Waals surface area contributed by atoms with Crippen molar-refractivity contribution in [3.05, 3.63) is 51.7 Å². The summed E-state index contributed by atoms with van der Waals surface area (Å²) in [4.78, 5) is 36.1. The third-order valence-electron chi connectivity index (χ3n) is 4.66. The highest BCUT2D eigenvalue weighted by atomic mass is 16.5. The van der Waals surface area contributed by atoms with Gasteiger partial charge in [0, 0.05) is 19.5 Å². The smallest absolute Gasteiger partial charge is 0.346 e. The summed E-state index contributed by atoms with van der Waals surface area (Å²) in [5, 5.41) is 7.11. The van der Waals surface area contributed by atoms with Gasteiger partial charge in [0.15, 0.2) is 0 Å². The predicted octanol–water partition coefficient (Wildman–Crippen LogP) is 0.917. The van der Waals surface area contributed by atoms with Crippen LogP contribution in [0.15, 0.2) is 29.1 Å². The first-order valence-corrected chi connectivity index (χ1v) is 9.19. The summed E-state index contributed by atoms with van der Waals surface area (Å²) in [6.45, 7) is 0.999. The van der Waals surface area contributed by atoms with Crippen LogP contribution in [0.1, 0.15) is 41.0 Å². The number of amides is 1. The zero-order valence-corrected chi connectivity index (χ0v) is 15.4. The first-order valence-electron chi connectivity index (χ1n) is 9.19. The second-order valence-electron chi connectivity index (χ2n) is 6.61. The van der Waals surface area contributed by atoms with Crippen molar-refractivity contribution >= 4 is 11.9 Å². The van der Waals surface area contributed by atoms with Crippen molar-refractivity contribution in [3.8, 4) is 0 Å². The van der Waals surface area contributed by atoms with Crippen LogP contribution in [0.3, 0.4) is 0 Å². The summed E-state index contributed by atoms with van der Waals surface area (Å²) in [5.74, 6) is 0.124.